The first kappa shape index (κ1) is 16.3. The van der Waals surface area contributed by atoms with Gasteiger partial charge in [0.25, 0.3) is 0 Å². The van der Waals surface area contributed by atoms with Crippen molar-refractivity contribution in [3.63, 3.8) is 0 Å². The summed E-state index contributed by atoms with van der Waals surface area (Å²) in [5.74, 6) is 1.64. The third-order valence-corrected chi connectivity index (χ3v) is 6.04. The maximum atomic E-state index is 2.88. The van der Waals surface area contributed by atoms with E-state index in [1.54, 1.807) is 0 Å². The molecule has 0 bridgehead atoms. The van der Waals surface area contributed by atoms with E-state index in [0.29, 0.717) is 0 Å². The molecule has 0 radical (unpaired) electrons. The summed E-state index contributed by atoms with van der Waals surface area (Å²) in [7, 11) is 0. The van der Waals surface area contributed by atoms with E-state index in [2.05, 4.69) is 44.4 Å². The summed E-state index contributed by atoms with van der Waals surface area (Å²) in [6, 6.07) is 2.36. The van der Waals surface area contributed by atoms with Crippen molar-refractivity contribution in [1.82, 2.24) is 9.80 Å². The molecule has 0 aliphatic carbocycles. The summed E-state index contributed by atoms with van der Waals surface area (Å²) in [5.41, 5.74) is 0. The van der Waals surface area contributed by atoms with Crippen LogP contribution in [-0.2, 0) is 0 Å². The molecule has 0 amide bonds. The Morgan fingerprint density at radius 2 is 1.70 bits per heavy atom. The second-order valence-corrected chi connectivity index (χ2v) is 7.47. The molecule has 2 fully saturated rings. The second-order valence-electron chi connectivity index (χ2n) is 7.47. The predicted octanol–water partition coefficient (Wildman–Crippen LogP) is 4.01. The summed E-state index contributed by atoms with van der Waals surface area (Å²) in [5, 5.41) is 0. The highest BCUT2D eigenvalue weighted by atomic mass is 15.3. The molecule has 2 heteroatoms. The SMILES string of the molecule is CCC(CC)C(C)N1CC2CCCCN2CC1C(C)C. The highest BCUT2D eigenvalue weighted by Gasteiger charge is 2.39. The quantitative estimate of drug-likeness (QED) is 0.751. The Labute approximate surface area is 126 Å². The monoisotopic (exact) mass is 280 g/mol. The molecule has 3 atom stereocenters. The lowest BCUT2D eigenvalue weighted by atomic mass is 9.87. The van der Waals surface area contributed by atoms with Crippen molar-refractivity contribution in [1.29, 1.82) is 0 Å². The summed E-state index contributed by atoms with van der Waals surface area (Å²) in [6.07, 6.45) is 6.95. The van der Waals surface area contributed by atoms with Gasteiger partial charge in [-0.15, -0.1) is 0 Å². The lowest BCUT2D eigenvalue weighted by Crippen LogP contribution is -2.63. The molecule has 0 N–H and O–H groups in total. The van der Waals surface area contributed by atoms with Crippen molar-refractivity contribution in [3.8, 4) is 0 Å². The van der Waals surface area contributed by atoms with E-state index >= 15 is 0 Å². The molecule has 0 aromatic rings. The summed E-state index contributed by atoms with van der Waals surface area (Å²) < 4.78 is 0. The van der Waals surface area contributed by atoms with Gasteiger partial charge in [0.2, 0.25) is 0 Å². The van der Waals surface area contributed by atoms with Crippen molar-refractivity contribution < 1.29 is 0 Å². The van der Waals surface area contributed by atoms with Crippen LogP contribution in [0.15, 0.2) is 0 Å². The Balaban J connectivity index is 2.10. The number of piperidine rings is 1. The van der Waals surface area contributed by atoms with Gasteiger partial charge in [0.05, 0.1) is 0 Å². The third kappa shape index (κ3) is 3.39. The van der Waals surface area contributed by atoms with Crippen molar-refractivity contribution in [2.24, 2.45) is 11.8 Å². The van der Waals surface area contributed by atoms with E-state index in [4.69, 9.17) is 0 Å². The van der Waals surface area contributed by atoms with E-state index in [9.17, 15) is 0 Å². The lowest BCUT2D eigenvalue weighted by Gasteiger charge is -2.53. The van der Waals surface area contributed by atoms with E-state index < -0.39 is 0 Å². The minimum absolute atomic E-state index is 0.751. The minimum Gasteiger partial charge on any atom is -0.298 e. The fourth-order valence-electron chi connectivity index (χ4n) is 4.53. The van der Waals surface area contributed by atoms with Gasteiger partial charge in [-0.1, -0.05) is 47.0 Å². The number of fused-ring (bicyclic) bond motifs is 1. The summed E-state index contributed by atoms with van der Waals surface area (Å²) >= 11 is 0. The lowest BCUT2D eigenvalue weighted by molar-refractivity contribution is -0.0394. The van der Waals surface area contributed by atoms with Crippen LogP contribution in [0.5, 0.6) is 0 Å². The average molecular weight is 280 g/mol. The van der Waals surface area contributed by atoms with E-state index in [0.717, 1.165) is 30.0 Å². The number of hydrogen-bond acceptors (Lipinski definition) is 2. The molecule has 2 aliphatic rings. The van der Waals surface area contributed by atoms with Gasteiger partial charge >= 0.3 is 0 Å². The van der Waals surface area contributed by atoms with Gasteiger partial charge in [0.1, 0.15) is 0 Å². The molecule has 2 heterocycles. The maximum absolute atomic E-state index is 2.88. The van der Waals surface area contributed by atoms with Crippen molar-refractivity contribution in [3.05, 3.63) is 0 Å². The summed E-state index contributed by atoms with van der Waals surface area (Å²) in [4.78, 5) is 5.68. The second kappa shape index (κ2) is 7.26. The van der Waals surface area contributed by atoms with Crippen molar-refractivity contribution in [2.45, 2.75) is 84.8 Å². The topological polar surface area (TPSA) is 6.48 Å². The Morgan fingerprint density at radius 1 is 1.00 bits per heavy atom. The molecule has 0 spiro atoms. The van der Waals surface area contributed by atoms with Crippen LogP contribution in [-0.4, -0.2) is 47.6 Å². The Hall–Kier alpha value is -0.0800. The normalized spacial score (nSPS) is 30.8. The molecule has 0 aromatic carbocycles. The largest absolute Gasteiger partial charge is 0.298 e. The fourth-order valence-corrected chi connectivity index (χ4v) is 4.53. The molecule has 2 rings (SSSR count). The zero-order valence-corrected chi connectivity index (χ0v) is 14.4. The van der Waals surface area contributed by atoms with Crippen LogP contribution in [0.25, 0.3) is 0 Å². The molecule has 0 aromatic heterocycles. The van der Waals surface area contributed by atoms with Gasteiger partial charge in [-0.25, -0.2) is 0 Å². The number of piperazine rings is 1. The van der Waals surface area contributed by atoms with E-state index in [-0.39, 0.29) is 0 Å². The van der Waals surface area contributed by atoms with Gasteiger partial charge in [-0.2, -0.15) is 0 Å². The molecule has 2 nitrogen and oxygen atoms in total. The first-order chi connectivity index (χ1) is 9.58. The van der Waals surface area contributed by atoms with Crippen LogP contribution < -0.4 is 0 Å². The third-order valence-electron chi connectivity index (χ3n) is 6.04. The Morgan fingerprint density at radius 3 is 2.30 bits per heavy atom. The van der Waals surface area contributed by atoms with Gasteiger partial charge in [0.15, 0.2) is 0 Å². The molecule has 3 unspecified atom stereocenters. The first-order valence-corrected chi connectivity index (χ1v) is 9.08. The zero-order valence-electron chi connectivity index (χ0n) is 14.4. The molecule has 2 aliphatic heterocycles. The van der Waals surface area contributed by atoms with Crippen molar-refractivity contribution in [2.75, 3.05) is 19.6 Å². The number of hydrogen-bond donors (Lipinski definition) is 0. The molecule has 20 heavy (non-hydrogen) atoms. The Kier molecular flexibility index (Phi) is 5.92. The minimum atomic E-state index is 0.751. The standard InChI is InChI=1S/C18H36N2/c1-6-16(7-2)15(5)20-12-17-10-8-9-11-19(17)13-18(20)14(3)4/h14-18H,6-13H2,1-5H3. The van der Waals surface area contributed by atoms with Crippen LogP contribution >= 0.6 is 0 Å². The van der Waals surface area contributed by atoms with Crippen LogP contribution in [0, 0.1) is 11.8 Å². The van der Waals surface area contributed by atoms with E-state index in [1.165, 1.54) is 51.7 Å². The molecule has 118 valence electrons. The predicted molar refractivity (Wildman–Crippen MR) is 88.1 cm³/mol. The smallest absolute Gasteiger partial charge is 0.0249 e. The molecule has 2 saturated heterocycles. The van der Waals surface area contributed by atoms with E-state index in [1.807, 2.05) is 0 Å². The molecular weight excluding hydrogens is 244 g/mol. The number of rotatable bonds is 5. The molecule has 0 saturated carbocycles. The number of nitrogens with zero attached hydrogens (tertiary/aromatic N) is 2. The van der Waals surface area contributed by atoms with Crippen LogP contribution in [0.4, 0.5) is 0 Å². The fraction of sp³-hybridized carbons (Fsp3) is 1.00. The highest BCUT2D eigenvalue weighted by Crippen LogP contribution is 2.31. The Bertz CT molecular complexity index is 285. The zero-order chi connectivity index (χ0) is 14.7. The van der Waals surface area contributed by atoms with Crippen molar-refractivity contribution >= 4 is 0 Å². The highest BCUT2D eigenvalue weighted by molar-refractivity contribution is 4.94. The van der Waals surface area contributed by atoms with Gasteiger partial charge < -0.3 is 0 Å². The molecular formula is C18H36N2. The van der Waals surface area contributed by atoms with Crippen LogP contribution in [0.2, 0.25) is 0 Å². The maximum Gasteiger partial charge on any atom is 0.0249 e. The summed E-state index contributed by atoms with van der Waals surface area (Å²) in [6.45, 7) is 16.0. The average Bonchev–Trinajstić information content (AvgIpc) is 2.46. The van der Waals surface area contributed by atoms with Crippen LogP contribution in [0.1, 0.15) is 66.7 Å². The van der Waals surface area contributed by atoms with Crippen LogP contribution in [0.3, 0.4) is 0 Å². The first-order valence-electron chi connectivity index (χ1n) is 9.08. The van der Waals surface area contributed by atoms with Gasteiger partial charge in [-0.05, 0) is 38.1 Å². The van der Waals surface area contributed by atoms with Gasteiger partial charge in [-0.3, -0.25) is 9.80 Å². The van der Waals surface area contributed by atoms with Gasteiger partial charge in [0, 0.05) is 31.2 Å².